The number of anilines is 2. The van der Waals surface area contributed by atoms with Crippen LogP contribution >= 0.6 is 0 Å². The van der Waals surface area contributed by atoms with Gasteiger partial charge in [-0.2, -0.15) is 0 Å². The Morgan fingerprint density at radius 2 is 1.94 bits per heavy atom. The van der Waals surface area contributed by atoms with Crippen LogP contribution in [0.2, 0.25) is 0 Å². The van der Waals surface area contributed by atoms with Crippen molar-refractivity contribution in [2.24, 2.45) is 0 Å². The van der Waals surface area contributed by atoms with E-state index in [2.05, 4.69) is 33.9 Å². The Hall–Kier alpha value is -1.40. The first kappa shape index (κ1) is 14.7. The summed E-state index contributed by atoms with van der Waals surface area (Å²) in [7, 11) is 7.76. The van der Waals surface area contributed by atoms with E-state index in [-0.39, 0.29) is 0 Å². The fraction of sp³-hybridized carbons (Fsp3) is 0.667. The molecule has 102 valence electrons. The Bertz CT molecular complexity index is 369. The lowest BCUT2D eigenvalue weighted by Crippen LogP contribution is -2.24. The number of rotatable bonds is 7. The number of hydrogen-bond acceptors (Lipinski definition) is 6. The summed E-state index contributed by atoms with van der Waals surface area (Å²) in [5.41, 5.74) is 5.76. The third-order valence-corrected chi connectivity index (χ3v) is 2.54. The Balaban J connectivity index is 2.63. The van der Waals surface area contributed by atoms with E-state index in [1.807, 2.05) is 7.05 Å². The van der Waals surface area contributed by atoms with Crippen molar-refractivity contribution in [1.82, 2.24) is 14.9 Å². The first-order valence-electron chi connectivity index (χ1n) is 6.01. The quantitative estimate of drug-likeness (QED) is 0.767. The van der Waals surface area contributed by atoms with Crippen molar-refractivity contribution in [2.45, 2.75) is 13.0 Å². The fourth-order valence-corrected chi connectivity index (χ4v) is 1.63. The van der Waals surface area contributed by atoms with E-state index >= 15 is 0 Å². The van der Waals surface area contributed by atoms with Crippen LogP contribution in [0.5, 0.6) is 0 Å². The molecule has 0 fully saturated rings. The average molecular weight is 253 g/mol. The molecule has 6 nitrogen and oxygen atoms in total. The van der Waals surface area contributed by atoms with E-state index in [0.717, 1.165) is 25.3 Å². The summed E-state index contributed by atoms with van der Waals surface area (Å²) >= 11 is 0. The second-order valence-electron chi connectivity index (χ2n) is 4.58. The molecule has 6 heteroatoms. The Morgan fingerprint density at radius 1 is 1.22 bits per heavy atom. The van der Waals surface area contributed by atoms with Gasteiger partial charge < -0.3 is 20.3 Å². The lowest BCUT2D eigenvalue weighted by Gasteiger charge is -2.20. The third-order valence-electron chi connectivity index (χ3n) is 2.54. The van der Waals surface area contributed by atoms with Crippen LogP contribution in [0.25, 0.3) is 0 Å². The smallest absolute Gasteiger partial charge is 0.158 e. The molecule has 18 heavy (non-hydrogen) atoms. The Labute approximate surface area is 109 Å². The van der Waals surface area contributed by atoms with Crippen molar-refractivity contribution in [3.05, 3.63) is 11.9 Å². The van der Waals surface area contributed by atoms with Gasteiger partial charge in [-0.3, -0.25) is 0 Å². The van der Waals surface area contributed by atoms with Crippen LogP contribution in [0.15, 0.2) is 6.07 Å². The van der Waals surface area contributed by atoms with Gasteiger partial charge in [0.05, 0.1) is 0 Å². The minimum Gasteiger partial charge on any atom is -0.384 e. The molecule has 1 aromatic rings. The van der Waals surface area contributed by atoms with Crippen molar-refractivity contribution >= 4 is 11.6 Å². The van der Waals surface area contributed by atoms with Gasteiger partial charge in [0.1, 0.15) is 18.2 Å². The molecule has 1 aromatic heterocycles. The summed E-state index contributed by atoms with van der Waals surface area (Å²) in [6.45, 7) is 2.36. The van der Waals surface area contributed by atoms with Gasteiger partial charge in [-0.15, -0.1) is 0 Å². The normalized spacial score (nSPS) is 10.9. The number of nitrogens with zero attached hydrogens (tertiary/aromatic N) is 4. The molecular formula is C12H23N5O. The van der Waals surface area contributed by atoms with Gasteiger partial charge in [-0.1, -0.05) is 0 Å². The second kappa shape index (κ2) is 7.13. The van der Waals surface area contributed by atoms with Crippen molar-refractivity contribution < 1.29 is 4.74 Å². The zero-order chi connectivity index (χ0) is 13.5. The highest BCUT2D eigenvalue weighted by Crippen LogP contribution is 2.13. The molecular weight excluding hydrogens is 230 g/mol. The van der Waals surface area contributed by atoms with Crippen LogP contribution in [0.4, 0.5) is 11.6 Å². The zero-order valence-corrected chi connectivity index (χ0v) is 11.7. The van der Waals surface area contributed by atoms with Crippen molar-refractivity contribution in [3.63, 3.8) is 0 Å². The molecule has 1 rings (SSSR count). The summed E-state index contributed by atoms with van der Waals surface area (Å²) in [4.78, 5) is 12.8. The minimum atomic E-state index is 0.379. The van der Waals surface area contributed by atoms with E-state index in [1.54, 1.807) is 13.2 Å². The number of nitrogens with two attached hydrogens (primary N) is 1. The van der Waals surface area contributed by atoms with Gasteiger partial charge in [0.15, 0.2) is 5.82 Å². The van der Waals surface area contributed by atoms with Crippen LogP contribution in [0, 0.1) is 0 Å². The predicted molar refractivity (Wildman–Crippen MR) is 73.6 cm³/mol. The van der Waals surface area contributed by atoms with Crippen molar-refractivity contribution in [1.29, 1.82) is 0 Å². The monoisotopic (exact) mass is 253 g/mol. The predicted octanol–water partition coefficient (Wildman–Crippen LogP) is 0.593. The van der Waals surface area contributed by atoms with Crippen LogP contribution in [0.1, 0.15) is 12.2 Å². The first-order chi connectivity index (χ1) is 8.52. The van der Waals surface area contributed by atoms with Crippen LogP contribution in [-0.4, -0.2) is 56.2 Å². The number of methoxy groups -OCH3 is 1. The molecule has 0 spiro atoms. The van der Waals surface area contributed by atoms with Crippen LogP contribution in [-0.2, 0) is 11.3 Å². The highest BCUT2D eigenvalue weighted by Gasteiger charge is 2.07. The lowest BCUT2D eigenvalue weighted by molar-refractivity contribution is 0.178. The molecule has 0 aromatic carbocycles. The fourth-order valence-electron chi connectivity index (χ4n) is 1.63. The molecule has 0 bridgehead atoms. The van der Waals surface area contributed by atoms with Gasteiger partial charge in [0.2, 0.25) is 0 Å². The summed E-state index contributed by atoms with van der Waals surface area (Å²) in [5.74, 6) is 1.94. The second-order valence-corrected chi connectivity index (χ2v) is 4.58. The first-order valence-corrected chi connectivity index (χ1v) is 6.01. The summed E-state index contributed by atoms with van der Waals surface area (Å²) in [6.07, 6.45) is 1.08. The highest BCUT2D eigenvalue weighted by atomic mass is 16.5. The van der Waals surface area contributed by atoms with Gasteiger partial charge in [-0.05, 0) is 27.1 Å². The largest absolute Gasteiger partial charge is 0.384 e. The average Bonchev–Trinajstić information content (AvgIpc) is 2.28. The van der Waals surface area contributed by atoms with Crippen LogP contribution in [0.3, 0.4) is 0 Å². The number of aromatic nitrogens is 2. The molecule has 2 N–H and O–H groups in total. The minimum absolute atomic E-state index is 0.379. The van der Waals surface area contributed by atoms with Crippen LogP contribution < -0.4 is 10.6 Å². The molecule has 0 saturated heterocycles. The maximum Gasteiger partial charge on any atom is 0.158 e. The third kappa shape index (κ3) is 4.85. The lowest BCUT2D eigenvalue weighted by atomic mass is 10.3. The maximum atomic E-state index is 5.76. The molecule has 0 saturated carbocycles. The van der Waals surface area contributed by atoms with Gasteiger partial charge in [0.25, 0.3) is 0 Å². The summed E-state index contributed by atoms with van der Waals surface area (Å²) in [6, 6.07) is 1.79. The molecule has 0 radical (unpaired) electrons. The Kier molecular flexibility index (Phi) is 5.80. The molecule has 0 atom stereocenters. The van der Waals surface area contributed by atoms with E-state index in [0.29, 0.717) is 18.2 Å². The van der Waals surface area contributed by atoms with Gasteiger partial charge in [0, 0.05) is 26.8 Å². The van der Waals surface area contributed by atoms with E-state index in [9.17, 15) is 0 Å². The Morgan fingerprint density at radius 3 is 2.56 bits per heavy atom. The number of nitrogen functional groups attached to an aromatic ring is 1. The van der Waals surface area contributed by atoms with Crippen molar-refractivity contribution in [3.8, 4) is 0 Å². The number of ether oxygens (including phenoxy) is 1. The van der Waals surface area contributed by atoms with E-state index < -0.39 is 0 Å². The zero-order valence-electron chi connectivity index (χ0n) is 11.7. The topological polar surface area (TPSA) is 67.5 Å². The molecule has 1 heterocycles. The maximum absolute atomic E-state index is 5.76. The SMILES string of the molecule is COCc1nc(N)cc(N(C)CCCN(C)C)n1. The highest BCUT2D eigenvalue weighted by molar-refractivity contribution is 5.46. The van der Waals surface area contributed by atoms with Crippen molar-refractivity contribution in [2.75, 3.05) is 52.0 Å². The molecule has 0 aliphatic carbocycles. The molecule has 0 aliphatic rings. The molecule has 0 unspecified atom stereocenters. The van der Waals surface area contributed by atoms with Gasteiger partial charge in [-0.25, -0.2) is 9.97 Å². The molecule has 0 amide bonds. The summed E-state index contributed by atoms with van der Waals surface area (Å²) < 4.78 is 5.02. The standard InChI is InChI=1S/C12H23N5O/c1-16(2)6-5-7-17(3)12-8-10(13)14-11(15-12)9-18-4/h8H,5-7,9H2,1-4H3,(H2,13,14,15). The van der Waals surface area contributed by atoms with Gasteiger partial charge >= 0.3 is 0 Å². The van der Waals surface area contributed by atoms with E-state index in [4.69, 9.17) is 10.5 Å². The molecule has 0 aliphatic heterocycles. The number of hydrogen-bond donors (Lipinski definition) is 1. The van der Waals surface area contributed by atoms with E-state index in [1.165, 1.54) is 0 Å². The summed E-state index contributed by atoms with van der Waals surface area (Å²) in [5, 5.41) is 0.